The van der Waals surface area contributed by atoms with Crippen LogP contribution in [0.5, 0.6) is 0 Å². The number of aromatic nitrogens is 2. The summed E-state index contributed by atoms with van der Waals surface area (Å²) >= 11 is 7.45. The fraction of sp³-hybridized carbons (Fsp3) is 0.333. The number of anilines is 1. The SMILES string of the molecule is CNc1nc(-c2ccc(Cl)s2)nc2c1COCC2. The first-order valence-electron chi connectivity index (χ1n) is 5.69. The van der Waals surface area contributed by atoms with Crippen LogP contribution in [0.15, 0.2) is 12.1 Å². The topological polar surface area (TPSA) is 47.0 Å². The fourth-order valence-electron chi connectivity index (χ4n) is 1.98. The molecule has 0 saturated carbocycles. The number of nitrogens with zero attached hydrogens (tertiary/aromatic N) is 2. The molecule has 0 aliphatic carbocycles. The molecule has 1 aliphatic rings. The Morgan fingerprint density at radius 2 is 2.28 bits per heavy atom. The van der Waals surface area contributed by atoms with Gasteiger partial charge in [0.05, 0.1) is 28.1 Å². The Hall–Kier alpha value is -1.17. The summed E-state index contributed by atoms with van der Waals surface area (Å²) in [6.45, 7) is 1.30. The largest absolute Gasteiger partial charge is 0.376 e. The van der Waals surface area contributed by atoms with Gasteiger partial charge in [0.15, 0.2) is 5.82 Å². The van der Waals surface area contributed by atoms with Gasteiger partial charge in [-0.05, 0) is 12.1 Å². The summed E-state index contributed by atoms with van der Waals surface area (Å²) < 4.78 is 6.20. The van der Waals surface area contributed by atoms with Crippen LogP contribution in [0.25, 0.3) is 10.7 Å². The number of ether oxygens (including phenoxy) is 1. The van der Waals surface area contributed by atoms with Crippen molar-refractivity contribution in [2.75, 3.05) is 19.0 Å². The first-order valence-corrected chi connectivity index (χ1v) is 6.88. The predicted octanol–water partition coefficient (Wildman–Crippen LogP) is 2.97. The Balaban J connectivity index is 2.11. The molecule has 0 amide bonds. The van der Waals surface area contributed by atoms with E-state index in [1.807, 2.05) is 19.2 Å². The van der Waals surface area contributed by atoms with Gasteiger partial charge in [0.1, 0.15) is 5.82 Å². The van der Waals surface area contributed by atoms with Crippen molar-refractivity contribution in [1.29, 1.82) is 0 Å². The average Bonchev–Trinajstić information content (AvgIpc) is 2.84. The zero-order valence-corrected chi connectivity index (χ0v) is 11.4. The van der Waals surface area contributed by atoms with E-state index >= 15 is 0 Å². The third-order valence-corrected chi connectivity index (χ3v) is 4.08. The van der Waals surface area contributed by atoms with E-state index in [2.05, 4.69) is 15.3 Å². The highest BCUT2D eigenvalue weighted by Crippen LogP contribution is 2.31. The number of nitrogens with one attached hydrogen (secondary N) is 1. The Bertz CT molecular complexity index is 567. The first-order chi connectivity index (χ1) is 8.78. The van der Waals surface area contributed by atoms with Gasteiger partial charge in [-0.1, -0.05) is 11.6 Å². The Kier molecular flexibility index (Phi) is 3.20. The van der Waals surface area contributed by atoms with Gasteiger partial charge in [-0.15, -0.1) is 11.3 Å². The number of hydrogen-bond acceptors (Lipinski definition) is 5. The van der Waals surface area contributed by atoms with Crippen molar-refractivity contribution in [2.45, 2.75) is 13.0 Å². The summed E-state index contributed by atoms with van der Waals surface area (Å²) in [4.78, 5) is 10.2. The quantitative estimate of drug-likeness (QED) is 0.919. The van der Waals surface area contributed by atoms with Gasteiger partial charge >= 0.3 is 0 Å². The van der Waals surface area contributed by atoms with Crippen LogP contribution in [0, 0.1) is 0 Å². The minimum atomic E-state index is 0.580. The molecule has 2 aromatic rings. The molecule has 4 nitrogen and oxygen atoms in total. The van der Waals surface area contributed by atoms with Crippen molar-refractivity contribution in [2.24, 2.45) is 0 Å². The highest BCUT2D eigenvalue weighted by Gasteiger charge is 2.18. The molecule has 1 aliphatic heterocycles. The molecule has 6 heteroatoms. The molecule has 94 valence electrons. The minimum absolute atomic E-state index is 0.580. The maximum absolute atomic E-state index is 5.95. The molecule has 1 N–H and O–H groups in total. The van der Waals surface area contributed by atoms with Crippen LogP contribution in [0.2, 0.25) is 4.34 Å². The maximum Gasteiger partial charge on any atom is 0.171 e. The van der Waals surface area contributed by atoms with E-state index < -0.39 is 0 Å². The standard InChI is InChI=1S/C12H12ClN3OS/c1-14-11-7-6-17-5-4-8(7)15-12(16-11)9-2-3-10(13)18-9/h2-3H,4-6H2,1H3,(H,14,15,16). The summed E-state index contributed by atoms with van der Waals surface area (Å²) in [7, 11) is 1.86. The molecular weight excluding hydrogens is 270 g/mol. The van der Waals surface area contributed by atoms with E-state index in [1.165, 1.54) is 11.3 Å². The van der Waals surface area contributed by atoms with Crippen LogP contribution in [0.1, 0.15) is 11.3 Å². The molecule has 0 bridgehead atoms. The molecule has 0 spiro atoms. The number of halogens is 1. The van der Waals surface area contributed by atoms with E-state index in [-0.39, 0.29) is 0 Å². The average molecular weight is 282 g/mol. The Morgan fingerprint density at radius 3 is 3.00 bits per heavy atom. The van der Waals surface area contributed by atoms with E-state index in [9.17, 15) is 0 Å². The van der Waals surface area contributed by atoms with Crippen molar-refractivity contribution < 1.29 is 4.74 Å². The lowest BCUT2D eigenvalue weighted by Crippen LogP contribution is -2.15. The molecule has 0 saturated heterocycles. The molecule has 2 aromatic heterocycles. The molecule has 3 heterocycles. The lowest BCUT2D eigenvalue weighted by atomic mass is 10.1. The van der Waals surface area contributed by atoms with Crippen molar-refractivity contribution in [3.63, 3.8) is 0 Å². The number of thiophene rings is 1. The Labute approximate surface area is 114 Å². The second-order valence-corrected chi connectivity index (χ2v) is 5.69. The van der Waals surface area contributed by atoms with Crippen molar-refractivity contribution in [1.82, 2.24) is 9.97 Å². The molecule has 18 heavy (non-hydrogen) atoms. The van der Waals surface area contributed by atoms with E-state index in [1.54, 1.807) is 0 Å². The predicted molar refractivity (Wildman–Crippen MR) is 73.3 cm³/mol. The monoisotopic (exact) mass is 281 g/mol. The van der Waals surface area contributed by atoms with Crippen LogP contribution >= 0.6 is 22.9 Å². The summed E-state index contributed by atoms with van der Waals surface area (Å²) in [5.74, 6) is 1.58. The Morgan fingerprint density at radius 1 is 1.39 bits per heavy atom. The van der Waals surface area contributed by atoms with Gasteiger partial charge in [-0.25, -0.2) is 9.97 Å². The van der Waals surface area contributed by atoms with Crippen LogP contribution < -0.4 is 5.32 Å². The van der Waals surface area contributed by atoms with Crippen LogP contribution in [-0.2, 0) is 17.8 Å². The number of rotatable bonds is 2. The smallest absolute Gasteiger partial charge is 0.171 e. The number of fused-ring (bicyclic) bond motifs is 1. The van der Waals surface area contributed by atoms with Gasteiger partial charge in [0.25, 0.3) is 0 Å². The van der Waals surface area contributed by atoms with Gasteiger partial charge in [0.2, 0.25) is 0 Å². The highest BCUT2D eigenvalue weighted by molar-refractivity contribution is 7.19. The molecule has 0 unspecified atom stereocenters. The molecule has 0 atom stereocenters. The first kappa shape index (κ1) is 11.9. The lowest BCUT2D eigenvalue weighted by molar-refractivity contribution is 0.109. The summed E-state index contributed by atoms with van der Waals surface area (Å²) in [6, 6.07) is 3.82. The summed E-state index contributed by atoms with van der Waals surface area (Å²) in [6.07, 6.45) is 0.832. The zero-order chi connectivity index (χ0) is 12.5. The van der Waals surface area contributed by atoms with Gasteiger partial charge < -0.3 is 10.1 Å². The highest BCUT2D eigenvalue weighted by atomic mass is 35.5. The minimum Gasteiger partial charge on any atom is -0.376 e. The van der Waals surface area contributed by atoms with Gasteiger partial charge in [-0.3, -0.25) is 0 Å². The van der Waals surface area contributed by atoms with Crippen molar-refractivity contribution in [3.8, 4) is 10.7 Å². The zero-order valence-electron chi connectivity index (χ0n) is 9.86. The fourth-order valence-corrected chi connectivity index (χ4v) is 2.96. The van der Waals surface area contributed by atoms with Gasteiger partial charge in [-0.2, -0.15) is 0 Å². The van der Waals surface area contributed by atoms with E-state index in [4.69, 9.17) is 16.3 Å². The summed E-state index contributed by atoms with van der Waals surface area (Å²) in [5.41, 5.74) is 2.13. The maximum atomic E-state index is 5.95. The van der Waals surface area contributed by atoms with Crippen molar-refractivity contribution in [3.05, 3.63) is 27.7 Å². The summed E-state index contributed by atoms with van der Waals surface area (Å²) in [5, 5.41) is 3.11. The second kappa shape index (κ2) is 4.84. The normalized spacial score (nSPS) is 14.3. The van der Waals surface area contributed by atoms with Crippen LogP contribution in [0.3, 0.4) is 0 Å². The third-order valence-electron chi connectivity index (χ3n) is 2.85. The van der Waals surface area contributed by atoms with Gasteiger partial charge in [0, 0.05) is 19.0 Å². The molecule has 0 aromatic carbocycles. The van der Waals surface area contributed by atoms with Crippen molar-refractivity contribution >= 4 is 28.8 Å². The van der Waals surface area contributed by atoms with Crippen LogP contribution in [0.4, 0.5) is 5.82 Å². The molecule has 0 fully saturated rings. The van der Waals surface area contributed by atoms with E-state index in [0.29, 0.717) is 6.61 Å². The second-order valence-electron chi connectivity index (χ2n) is 3.98. The third kappa shape index (κ3) is 2.09. The molecule has 3 rings (SSSR count). The number of hydrogen-bond donors (Lipinski definition) is 1. The molecule has 0 radical (unpaired) electrons. The molecular formula is C12H12ClN3OS. The lowest BCUT2D eigenvalue weighted by Gasteiger charge is -2.18. The van der Waals surface area contributed by atoms with E-state index in [0.717, 1.165) is 45.1 Å². The van der Waals surface area contributed by atoms with Crippen LogP contribution in [-0.4, -0.2) is 23.6 Å².